The summed E-state index contributed by atoms with van der Waals surface area (Å²) in [5.41, 5.74) is -0.759. The number of alkyl halides is 3. The highest BCUT2D eigenvalue weighted by molar-refractivity contribution is 5.51. The average molecular weight is 304 g/mol. The van der Waals surface area contributed by atoms with Crippen molar-refractivity contribution in [1.82, 2.24) is 5.32 Å². The quantitative estimate of drug-likeness (QED) is 0.796. The van der Waals surface area contributed by atoms with Crippen LogP contribution in [-0.4, -0.2) is 25.7 Å². The van der Waals surface area contributed by atoms with Gasteiger partial charge in [0.1, 0.15) is 5.82 Å². The predicted molar refractivity (Wildman–Crippen MR) is 74.9 cm³/mol. The lowest BCUT2D eigenvalue weighted by Crippen LogP contribution is -2.42. The van der Waals surface area contributed by atoms with Crippen molar-refractivity contribution in [3.8, 4) is 0 Å². The second kappa shape index (κ2) is 6.22. The zero-order valence-electron chi connectivity index (χ0n) is 12.2. The molecule has 118 valence electrons. The molecule has 0 amide bonds. The van der Waals surface area contributed by atoms with Gasteiger partial charge in [-0.3, -0.25) is 0 Å². The molecule has 2 rings (SSSR count). The molecule has 1 saturated heterocycles. The Hall–Kier alpha value is -1.30. The number of halogens is 4. The molecule has 0 spiro atoms. The van der Waals surface area contributed by atoms with Crippen LogP contribution in [0.3, 0.4) is 0 Å². The average Bonchev–Trinajstić information content (AvgIpc) is 2.39. The molecule has 6 heteroatoms. The Balaban J connectivity index is 2.29. The summed E-state index contributed by atoms with van der Waals surface area (Å²) < 4.78 is 52.4. The van der Waals surface area contributed by atoms with Gasteiger partial charge in [-0.1, -0.05) is 6.92 Å². The molecule has 0 aromatic heterocycles. The van der Waals surface area contributed by atoms with Crippen LogP contribution >= 0.6 is 0 Å². The van der Waals surface area contributed by atoms with Crippen LogP contribution in [0.25, 0.3) is 0 Å². The third-order valence-corrected chi connectivity index (χ3v) is 3.79. The van der Waals surface area contributed by atoms with Gasteiger partial charge in [0, 0.05) is 19.1 Å². The van der Waals surface area contributed by atoms with E-state index in [1.165, 1.54) is 0 Å². The highest BCUT2D eigenvalue weighted by Crippen LogP contribution is 2.33. The number of benzene rings is 1. The molecule has 1 aromatic rings. The number of nitrogens with one attached hydrogen (secondary N) is 1. The Kier molecular flexibility index (Phi) is 4.76. The molecule has 0 radical (unpaired) electrons. The van der Waals surface area contributed by atoms with Gasteiger partial charge in [0.05, 0.1) is 11.3 Å². The zero-order chi connectivity index (χ0) is 15.6. The van der Waals surface area contributed by atoms with Crippen LogP contribution in [0.4, 0.5) is 23.2 Å². The van der Waals surface area contributed by atoms with Crippen LogP contribution in [0.1, 0.15) is 25.8 Å². The number of hydrogen-bond donors (Lipinski definition) is 1. The van der Waals surface area contributed by atoms with E-state index in [4.69, 9.17) is 0 Å². The summed E-state index contributed by atoms with van der Waals surface area (Å²) in [6.45, 7) is 5.88. The van der Waals surface area contributed by atoms with Gasteiger partial charge in [0.15, 0.2) is 0 Å². The van der Waals surface area contributed by atoms with E-state index in [2.05, 4.69) is 5.32 Å². The van der Waals surface area contributed by atoms with Crippen molar-refractivity contribution in [1.29, 1.82) is 0 Å². The maximum absolute atomic E-state index is 14.0. The summed E-state index contributed by atoms with van der Waals surface area (Å²) in [7, 11) is 0. The van der Waals surface area contributed by atoms with Crippen molar-refractivity contribution >= 4 is 5.69 Å². The molecule has 2 unspecified atom stereocenters. The Morgan fingerprint density at radius 1 is 1.24 bits per heavy atom. The Labute approximate surface area is 122 Å². The summed E-state index contributed by atoms with van der Waals surface area (Å²) in [5.74, 6) is -0.363. The molecule has 1 N–H and O–H groups in total. The molecule has 0 saturated carbocycles. The molecule has 1 aliphatic heterocycles. The van der Waals surface area contributed by atoms with Gasteiger partial charge in [0.25, 0.3) is 0 Å². The molecule has 1 aliphatic rings. The standard InChI is InChI=1S/C15H20F4N2/c1-10-8-20-11(2)5-6-21(9-10)14-7-12(15(17,18)19)3-4-13(14)16/h3-4,7,10-11,20H,5-6,8-9H2,1-2H3. The van der Waals surface area contributed by atoms with E-state index in [-0.39, 0.29) is 17.6 Å². The summed E-state index contributed by atoms with van der Waals surface area (Å²) in [6, 6.07) is 2.88. The second-order valence-corrected chi connectivity index (χ2v) is 5.81. The van der Waals surface area contributed by atoms with Crippen LogP contribution in [0.15, 0.2) is 18.2 Å². The Bertz CT molecular complexity index is 487. The lowest BCUT2D eigenvalue weighted by Gasteiger charge is -2.33. The van der Waals surface area contributed by atoms with E-state index in [1.54, 1.807) is 4.90 Å². The zero-order valence-corrected chi connectivity index (χ0v) is 12.2. The van der Waals surface area contributed by atoms with Gasteiger partial charge in [0.2, 0.25) is 0 Å². The summed E-state index contributed by atoms with van der Waals surface area (Å²) in [4.78, 5) is 1.73. The molecule has 0 bridgehead atoms. The molecule has 0 aliphatic carbocycles. The van der Waals surface area contributed by atoms with Gasteiger partial charge in [-0.25, -0.2) is 4.39 Å². The number of anilines is 1. The first-order chi connectivity index (χ1) is 9.77. The molecule has 2 nitrogen and oxygen atoms in total. The molecular formula is C15H20F4N2. The van der Waals surface area contributed by atoms with Crippen molar-refractivity contribution in [3.05, 3.63) is 29.6 Å². The molecular weight excluding hydrogens is 284 g/mol. The van der Waals surface area contributed by atoms with Crippen molar-refractivity contribution in [3.63, 3.8) is 0 Å². The summed E-state index contributed by atoms with van der Waals surface area (Å²) in [5, 5.41) is 3.36. The highest BCUT2D eigenvalue weighted by atomic mass is 19.4. The first-order valence-corrected chi connectivity index (χ1v) is 7.12. The minimum Gasteiger partial charge on any atom is -0.369 e. The van der Waals surface area contributed by atoms with E-state index in [9.17, 15) is 17.6 Å². The smallest absolute Gasteiger partial charge is 0.369 e. The molecule has 1 heterocycles. The van der Waals surface area contributed by atoms with Crippen LogP contribution in [0.5, 0.6) is 0 Å². The largest absolute Gasteiger partial charge is 0.416 e. The third-order valence-electron chi connectivity index (χ3n) is 3.79. The SMILES string of the molecule is CC1CNC(C)CCN(c2cc(C(F)(F)F)ccc2F)C1. The fraction of sp³-hybridized carbons (Fsp3) is 0.600. The first-order valence-electron chi connectivity index (χ1n) is 7.12. The summed E-state index contributed by atoms with van der Waals surface area (Å²) >= 11 is 0. The van der Waals surface area contributed by atoms with Gasteiger partial charge in [-0.05, 0) is 44.0 Å². The van der Waals surface area contributed by atoms with Gasteiger partial charge >= 0.3 is 6.18 Å². The fourth-order valence-electron chi connectivity index (χ4n) is 2.54. The van der Waals surface area contributed by atoms with E-state index in [0.29, 0.717) is 13.1 Å². The molecule has 2 atom stereocenters. The van der Waals surface area contributed by atoms with Crippen molar-refractivity contribution in [2.24, 2.45) is 5.92 Å². The predicted octanol–water partition coefficient (Wildman–Crippen LogP) is 3.67. The maximum atomic E-state index is 14.0. The number of rotatable bonds is 1. The minimum atomic E-state index is -4.45. The highest BCUT2D eigenvalue weighted by Gasteiger charge is 2.32. The van der Waals surface area contributed by atoms with Crippen LogP contribution in [0, 0.1) is 11.7 Å². The second-order valence-electron chi connectivity index (χ2n) is 5.81. The van der Waals surface area contributed by atoms with Gasteiger partial charge < -0.3 is 10.2 Å². The molecule has 21 heavy (non-hydrogen) atoms. The summed E-state index contributed by atoms with van der Waals surface area (Å²) in [6.07, 6.45) is -3.69. The van der Waals surface area contributed by atoms with Crippen LogP contribution in [-0.2, 0) is 6.18 Å². The van der Waals surface area contributed by atoms with Crippen molar-refractivity contribution in [2.75, 3.05) is 24.5 Å². The number of hydrogen-bond acceptors (Lipinski definition) is 2. The van der Waals surface area contributed by atoms with Gasteiger partial charge in [-0.15, -0.1) is 0 Å². The van der Waals surface area contributed by atoms with E-state index in [1.807, 2.05) is 13.8 Å². The lowest BCUT2D eigenvalue weighted by molar-refractivity contribution is -0.137. The third kappa shape index (κ3) is 4.09. The van der Waals surface area contributed by atoms with E-state index < -0.39 is 17.6 Å². The molecule has 1 fully saturated rings. The van der Waals surface area contributed by atoms with Gasteiger partial charge in [-0.2, -0.15) is 13.2 Å². The normalized spacial score (nSPS) is 24.6. The van der Waals surface area contributed by atoms with E-state index in [0.717, 1.165) is 31.2 Å². The molecule has 1 aromatic carbocycles. The number of nitrogens with zero attached hydrogens (tertiary/aromatic N) is 1. The first kappa shape index (κ1) is 16.1. The van der Waals surface area contributed by atoms with Crippen molar-refractivity contribution < 1.29 is 17.6 Å². The lowest BCUT2D eigenvalue weighted by atomic mass is 10.1. The Morgan fingerprint density at radius 2 is 1.95 bits per heavy atom. The van der Waals surface area contributed by atoms with Crippen LogP contribution in [0.2, 0.25) is 0 Å². The van der Waals surface area contributed by atoms with Crippen LogP contribution < -0.4 is 10.2 Å². The fourth-order valence-corrected chi connectivity index (χ4v) is 2.54. The monoisotopic (exact) mass is 304 g/mol. The topological polar surface area (TPSA) is 15.3 Å². The maximum Gasteiger partial charge on any atom is 0.416 e. The Morgan fingerprint density at radius 3 is 2.62 bits per heavy atom. The minimum absolute atomic E-state index is 0.0470. The van der Waals surface area contributed by atoms with E-state index >= 15 is 0 Å². The van der Waals surface area contributed by atoms with Crippen molar-refractivity contribution in [2.45, 2.75) is 32.5 Å².